The highest BCUT2D eigenvalue weighted by Gasteiger charge is 2.18. The van der Waals surface area contributed by atoms with E-state index >= 15 is 0 Å². The Morgan fingerprint density at radius 3 is 1.29 bits per heavy atom. The van der Waals surface area contributed by atoms with E-state index in [2.05, 4.69) is 199 Å². The average molecular weight is 664 g/mol. The lowest BCUT2D eigenvalue weighted by molar-refractivity contribution is 0.669. The van der Waals surface area contributed by atoms with E-state index in [1.807, 2.05) is 6.07 Å². The zero-order chi connectivity index (χ0) is 34.4. The smallest absolute Gasteiger partial charge is 0.136 e. The van der Waals surface area contributed by atoms with Crippen molar-refractivity contribution in [3.63, 3.8) is 0 Å². The maximum atomic E-state index is 6.43. The minimum absolute atomic E-state index is 0.899. The maximum absolute atomic E-state index is 6.43. The van der Waals surface area contributed by atoms with Crippen LogP contribution in [-0.4, -0.2) is 0 Å². The highest BCUT2D eigenvalue weighted by Crippen LogP contribution is 2.43. The number of hydrogen-bond acceptors (Lipinski definition) is 2. The molecule has 2 heteroatoms. The molecule has 0 saturated heterocycles. The van der Waals surface area contributed by atoms with Gasteiger partial charge in [-0.25, -0.2) is 0 Å². The molecule has 0 atom stereocenters. The van der Waals surface area contributed by atoms with Crippen LogP contribution in [0.15, 0.2) is 205 Å². The molecule has 10 rings (SSSR count). The van der Waals surface area contributed by atoms with Crippen molar-refractivity contribution in [2.45, 2.75) is 0 Å². The summed E-state index contributed by atoms with van der Waals surface area (Å²) in [6, 6.07) is 71.7. The number of anilines is 3. The largest absolute Gasteiger partial charge is 0.456 e. The van der Waals surface area contributed by atoms with E-state index in [4.69, 9.17) is 4.42 Å². The minimum atomic E-state index is 0.899. The molecule has 0 spiro atoms. The van der Waals surface area contributed by atoms with Crippen molar-refractivity contribution in [3.05, 3.63) is 200 Å². The number of hydrogen-bond donors (Lipinski definition) is 0. The van der Waals surface area contributed by atoms with E-state index in [0.29, 0.717) is 0 Å². The van der Waals surface area contributed by atoms with E-state index in [1.54, 1.807) is 0 Å². The van der Waals surface area contributed by atoms with Gasteiger partial charge in [0.1, 0.15) is 11.2 Å². The lowest BCUT2D eigenvalue weighted by Gasteiger charge is -2.28. The molecule has 1 heterocycles. The molecule has 0 N–H and O–H groups in total. The van der Waals surface area contributed by atoms with Crippen molar-refractivity contribution in [3.8, 4) is 33.4 Å². The first-order valence-corrected chi connectivity index (χ1v) is 17.8. The standard InChI is InChI=1S/C50H33NO/c1-2-11-34(12-3-1)40-27-29-45-46-30-28-41(33-50(46)52-49(45)32-40)36-25-23-35(24-26-36)39-17-8-18-42(31-39)51(47-21-9-15-37-13-4-6-19-43(37)47)48-22-10-16-38-14-5-7-20-44(38)48/h1-33H. The quantitative estimate of drug-likeness (QED) is 0.176. The number of fused-ring (bicyclic) bond motifs is 5. The van der Waals surface area contributed by atoms with E-state index < -0.39 is 0 Å². The summed E-state index contributed by atoms with van der Waals surface area (Å²) >= 11 is 0. The van der Waals surface area contributed by atoms with Crippen molar-refractivity contribution in [1.82, 2.24) is 0 Å². The van der Waals surface area contributed by atoms with Crippen LogP contribution in [0.1, 0.15) is 0 Å². The first-order chi connectivity index (χ1) is 25.8. The van der Waals surface area contributed by atoms with Crippen LogP contribution in [0.3, 0.4) is 0 Å². The van der Waals surface area contributed by atoms with Gasteiger partial charge in [-0.15, -0.1) is 0 Å². The summed E-state index contributed by atoms with van der Waals surface area (Å²) in [4.78, 5) is 2.41. The van der Waals surface area contributed by atoms with Crippen molar-refractivity contribution < 1.29 is 4.42 Å². The summed E-state index contributed by atoms with van der Waals surface area (Å²) < 4.78 is 6.43. The van der Waals surface area contributed by atoms with Crippen molar-refractivity contribution in [1.29, 1.82) is 0 Å². The first kappa shape index (κ1) is 30.0. The summed E-state index contributed by atoms with van der Waals surface area (Å²) in [6.07, 6.45) is 0. The third kappa shape index (κ3) is 5.21. The van der Waals surface area contributed by atoms with E-state index in [-0.39, 0.29) is 0 Å². The lowest BCUT2D eigenvalue weighted by atomic mass is 9.98. The summed E-state index contributed by atoms with van der Waals surface area (Å²) in [5.41, 5.74) is 12.2. The second-order valence-corrected chi connectivity index (χ2v) is 13.3. The SMILES string of the molecule is c1ccc(-c2ccc3c(c2)oc2cc(-c4ccc(-c5cccc(N(c6cccc7ccccc67)c6cccc7ccccc67)c5)cc4)ccc23)cc1. The third-order valence-corrected chi connectivity index (χ3v) is 10.3. The maximum Gasteiger partial charge on any atom is 0.136 e. The Kier molecular flexibility index (Phi) is 7.18. The fourth-order valence-corrected chi connectivity index (χ4v) is 7.66. The third-order valence-electron chi connectivity index (χ3n) is 10.3. The highest BCUT2D eigenvalue weighted by molar-refractivity contribution is 6.07. The second kappa shape index (κ2) is 12.5. The molecule has 0 fully saturated rings. The van der Waals surface area contributed by atoms with Gasteiger partial charge in [0.25, 0.3) is 0 Å². The normalized spacial score (nSPS) is 11.5. The van der Waals surface area contributed by atoms with Crippen LogP contribution in [0.2, 0.25) is 0 Å². The molecule has 0 amide bonds. The average Bonchev–Trinajstić information content (AvgIpc) is 3.59. The van der Waals surface area contributed by atoms with Crippen LogP contribution in [-0.2, 0) is 0 Å². The Bertz CT molecular complexity index is 2810. The Balaban J connectivity index is 1.02. The number of benzene rings is 9. The predicted octanol–water partition coefficient (Wildman–Crippen LogP) is 14.4. The molecule has 1 aromatic heterocycles. The van der Waals surface area contributed by atoms with Crippen LogP contribution in [0, 0.1) is 0 Å². The number of nitrogens with zero attached hydrogens (tertiary/aromatic N) is 1. The molecule has 0 saturated carbocycles. The van der Waals surface area contributed by atoms with Gasteiger partial charge >= 0.3 is 0 Å². The molecule has 10 aromatic rings. The Morgan fingerprint density at radius 1 is 0.288 bits per heavy atom. The molecule has 0 aliphatic rings. The van der Waals surface area contributed by atoms with Gasteiger partial charge in [-0.3, -0.25) is 0 Å². The number of furan rings is 1. The monoisotopic (exact) mass is 663 g/mol. The van der Waals surface area contributed by atoms with Gasteiger partial charge in [-0.1, -0.05) is 152 Å². The zero-order valence-corrected chi connectivity index (χ0v) is 28.4. The Hall–Kier alpha value is -6.90. The molecular formula is C50H33NO. The van der Waals surface area contributed by atoms with Crippen molar-refractivity contribution in [2.75, 3.05) is 4.90 Å². The van der Waals surface area contributed by atoms with Gasteiger partial charge in [0.05, 0.1) is 11.4 Å². The molecule has 9 aromatic carbocycles. The van der Waals surface area contributed by atoms with Gasteiger partial charge in [0.2, 0.25) is 0 Å². The van der Waals surface area contributed by atoms with Crippen LogP contribution in [0.4, 0.5) is 17.1 Å². The van der Waals surface area contributed by atoms with Gasteiger partial charge in [0, 0.05) is 27.2 Å². The topological polar surface area (TPSA) is 16.4 Å². The van der Waals surface area contributed by atoms with E-state index in [9.17, 15) is 0 Å². The van der Waals surface area contributed by atoms with Crippen LogP contribution < -0.4 is 4.90 Å². The molecular weight excluding hydrogens is 631 g/mol. The fourth-order valence-electron chi connectivity index (χ4n) is 7.66. The highest BCUT2D eigenvalue weighted by atomic mass is 16.3. The summed E-state index contributed by atoms with van der Waals surface area (Å²) in [5, 5.41) is 7.13. The summed E-state index contributed by atoms with van der Waals surface area (Å²) in [6.45, 7) is 0. The Labute approximate surface area is 302 Å². The Morgan fingerprint density at radius 2 is 0.712 bits per heavy atom. The molecule has 52 heavy (non-hydrogen) atoms. The van der Waals surface area contributed by atoms with Crippen LogP contribution >= 0.6 is 0 Å². The van der Waals surface area contributed by atoms with Gasteiger partial charge < -0.3 is 9.32 Å². The molecule has 0 radical (unpaired) electrons. The first-order valence-electron chi connectivity index (χ1n) is 17.8. The summed E-state index contributed by atoms with van der Waals surface area (Å²) in [5.74, 6) is 0. The molecule has 0 aliphatic heterocycles. The van der Waals surface area contributed by atoms with Gasteiger partial charge in [0.15, 0.2) is 0 Å². The zero-order valence-electron chi connectivity index (χ0n) is 28.4. The molecule has 0 bridgehead atoms. The number of rotatable bonds is 6. The molecule has 0 unspecified atom stereocenters. The minimum Gasteiger partial charge on any atom is -0.456 e. The van der Waals surface area contributed by atoms with Gasteiger partial charge in [-0.2, -0.15) is 0 Å². The predicted molar refractivity (Wildman–Crippen MR) is 220 cm³/mol. The molecule has 0 aliphatic carbocycles. The second-order valence-electron chi connectivity index (χ2n) is 13.3. The van der Waals surface area contributed by atoms with Crippen LogP contribution in [0.5, 0.6) is 0 Å². The lowest BCUT2D eigenvalue weighted by Crippen LogP contribution is -2.11. The fraction of sp³-hybridized carbons (Fsp3) is 0. The van der Waals surface area contributed by atoms with E-state index in [0.717, 1.165) is 61.3 Å². The van der Waals surface area contributed by atoms with Crippen molar-refractivity contribution in [2.24, 2.45) is 0 Å². The molecule has 2 nitrogen and oxygen atoms in total. The summed E-state index contributed by atoms with van der Waals surface area (Å²) in [7, 11) is 0. The van der Waals surface area contributed by atoms with Crippen LogP contribution in [0.25, 0.3) is 76.9 Å². The van der Waals surface area contributed by atoms with E-state index in [1.165, 1.54) is 32.7 Å². The molecule has 244 valence electrons. The van der Waals surface area contributed by atoms with Gasteiger partial charge in [-0.05, 0) is 92.7 Å². The van der Waals surface area contributed by atoms with Crippen molar-refractivity contribution >= 4 is 60.5 Å².